The van der Waals surface area contributed by atoms with Gasteiger partial charge in [-0.1, -0.05) is 6.07 Å². The van der Waals surface area contributed by atoms with Gasteiger partial charge in [0.15, 0.2) is 5.96 Å². The summed E-state index contributed by atoms with van der Waals surface area (Å²) in [6.45, 7) is 7.16. The lowest BCUT2D eigenvalue weighted by atomic mass is 10.2. The van der Waals surface area contributed by atoms with Crippen LogP contribution in [0.5, 0.6) is 0 Å². The zero-order chi connectivity index (χ0) is 16.9. The van der Waals surface area contributed by atoms with E-state index in [4.69, 9.17) is 0 Å². The molecule has 0 spiro atoms. The summed E-state index contributed by atoms with van der Waals surface area (Å²) < 4.78 is 27.2. The Morgan fingerprint density at radius 2 is 2.22 bits per heavy atom. The average Bonchev–Trinajstić information content (AvgIpc) is 3.01. The topological polar surface area (TPSA) is 73.8 Å². The van der Waals surface area contributed by atoms with E-state index < -0.39 is 10.0 Å². The summed E-state index contributed by atoms with van der Waals surface area (Å²) in [6, 6.07) is 3.34. The third-order valence-electron chi connectivity index (χ3n) is 3.40. The molecule has 1 aromatic heterocycles. The van der Waals surface area contributed by atoms with Gasteiger partial charge in [-0.05, 0) is 25.3 Å². The highest BCUT2D eigenvalue weighted by Gasteiger charge is 2.28. The first-order chi connectivity index (χ1) is 10.8. The molecule has 0 saturated carbocycles. The first-order valence-electron chi connectivity index (χ1n) is 7.47. The van der Waals surface area contributed by atoms with Crippen LogP contribution in [0.15, 0.2) is 26.7 Å². The van der Waals surface area contributed by atoms with Crippen molar-refractivity contribution in [2.75, 3.05) is 39.0 Å². The first kappa shape index (κ1) is 18.6. The number of guanidine groups is 1. The summed E-state index contributed by atoms with van der Waals surface area (Å²) in [6.07, 6.45) is 0. The number of rotatable bonds is 5. The maximum Gasteiger partial charge on any atom is 0.250 e. The molecule has 130 valence electrons. The largest absolute Gasteiger partial charge is 0.355 e. The predicted molar refractivity (Wildman–Crippen MR) is 99.0 cm³/mol. The summed E-state index contributed by atoms with van der Waals surface area (Å²) in [4.78, 5) is 6.53. The second kappa shape index (κ2) is 7.87. The van der Waals surface area contributed by atoms with Gasteiger partial charge in [0.2, 0.25) is 10.0 Å². The summed E-state index contributed by atoms with van der Waals surface area (Å²) in [5, 5.41) is 4.99. The van der Waals surface area contributed by atoms with Crippen LogP contribution in [-0.4, -0.2) is 63.0 Å². The van der Waals surface area contributed by atoms with Gasteiger partial charge in [-0.15, -0.1) is 11.3 Å². The normalized spacial score (nSPS) is 18.9. The molecule has 2 N–H and O–H groups in total. The van der Waals surface area contributed by atoms with E-state index in [0.29, 0.717) is 17.3 Å². The highest BCUT2D eigenvalue weighted by atomic mass is 32.2. The van der Waals surface area contributed by atoms with Gasteiger partial charge in [-0.3, -0.25) is 4.99 Å². The van der Waals surface area contributed by atoms with Crippen LogP contribution in [0.4, 0.5) is 0 Å². The second-order valence-corrected chi connectivity index (χ2v) is 10.6. The summed E-state index contributed by atoms with van der Waals surface area (Å²) >= 11 is 3.18. The Morgan fingerprint density at radius 1 is 1.43 bits per heavy atom. The van der Waals surface area contributed by atoms with Gasteiger partial charge in [0.1, 0.15) is 4.21 Å². The number of hydrogen-bond donors (Lipinski definition) is 2. The van der Waals surface area contributed by atoms with E-state index >= 15 is 0 Å². The Bertz CT molecular complexity index is 626. The monoisotopic (exact) mass is 376 g/mol. The van der Waals surface area contributed by atoms with Crippen LogP contribution in [0.25, 0.3) is 0 Å². The molecule has 2 rings (SSSR count). The fraction of sp³-hybridized carbons (Fsp3) is 0.643. The molecule has 6 nitrogen and oxygen atoms in total. The molecule has 0 unspecified atom stereocenters. The lowest BCUT2D eigenvalue weighted by Crippen LogP contribution is -2.51. The predicted octanol–water partition coefficient (Wildman–Crippen LogP) is 1.43. The number of hydrogen-bond acceptors (Lipinski definition) is 5. The molecule has 0 amide bonds. The van der Waals surface area contributed by atoms with Gasteiger partial charge in [0.25, 0.3) is 0 Å². The minimum atomic E-state index is -3.39. The third-order valence-corrected chi connectivity index (χ3v) is 7.55. The maximum atomic E-state index is 12.0. The van der Waals surface area contributed by atoms with Crippen LogP contribution in [0, 0.1) is 0 Å². The molecule has 0 atom stereocenters. The highest BCUT2D eigenvalue weighted by molar-refractivity contribution is 8.00. The Balaban J connectivity index is 1.81. The molecule has 1 fully saturated rings. The molecule has 0 bridgehead atoms. The quantitative estimate of drug-likeness (QED) is 0.462. The summed E-state index contributed by atoms with van der Waals surface area (Å²) in [5.41, 5.74) is 0. The molecule has 1 aromatic rings. The first-order valence-corrected chi connectivity index (χ1v) is 10.8. The molecule has 1 saturated heterocycles. The van der Waals surface area contributed by atoms with Crippen LogP contribution in [0.2, 0.25) is 0 Å². The van der Waals surface area contributed by atoms with Gasteiger partial charge >= 0.3 is 0 Å². The number of aliphatic imine (C=N–C) groups is 1. The van der Waals surface area contributed by atoms with Gasteiger partial charge in [0.05, 0.1) is 0 Å². The van der Waals surface area contributed by atoms with Crippen LogP contribution < -0.4 is 10.0 Å². The van der Waals surface area contributed by atoms with E-state index in [1.165, 1.54) is 11.3 Å². The number of thiophene rings is 1. The summed E-state index contributed by atoms with van der Waals surface area (Å²) in [7, 11) is -1.64. The molecule has 1 aliphatic heterocycles. The van der Waals surface area contributed by atoms with E-state index in [-0.39, 0.29) is 4.75 Å². The third kappa shape index (κ3) is 5.37. The molecule has 9 heteroatoms. The fourth-order valence-corrected chi connectivity index (χ4v) is 5.56. The van der Waals surface area contributed by atoms with Crippen molar-refractivity contribution < 1.29 is 8.42 Å². The molecule has 23 heavy (non-hydrogen) atoms. The van der Waals surface area contributed by atoms with Crippen molar-refractivity contribution in [2.24, 2.45) is 4.99 Å². The van der Waals surface area contributed by atoms with Crippen LogP contribution in [0.1, 0.15) is 13.8 Å². The van der Waals surface area contributed by atoms with Crippen molar-refractivity contribution in [1.82, 2.24) is 14.9 Å². The number of sulfonamides is 1. The van der Waals surface area contributed by atoms with Crippen molar-refractivity contribution in [3.8, 4) is 0 Å². The average molecular weight is 377 g/mol. The fourth-order valence-electron chi connectivity index (χ4n) is 2.38. The molecular weight excluding hydrogens is 352 g/mol. The zero-order valence-electron chi connectivity index (χ0n) is 13.7. The van der Waals surface area contributed by atoms with E-state index in [2.05, 4.69) is 33.8 Å². The molecule has 2 heterocycles. The molecule has 1 aliphatic rings. The minimum absolute atomic E-state index is 0.205. The molecule has 0 aliphatic carbocycles. The van der Waals surface area contributed by atoms with E-state index in [9.17, 15) is 8.42 Å². The van der Waals surface area contributed by atoms with Crippen molar-refractivity contribution >= 4 is 39.1 Å². The molecular formula is C14H24N4O2S3. The van der Waals surface area contributed by atoms with Gasteiger partial charge in [-0.2, -0.15) is 11.8 Å². The standard InChI is InChI=1S/C14H24N4O2S3/c1-14(2)11-18(8-10-22-14)13(15-3)16-6-7-17-23(19,20)12-5-4-9-21-12/h4-5,9,17H,6-8,10-11H2,1-3H3,(H,15,16). The molecule has 0 radical (unpaired) electrons. The Kier molecular flexibility index (Phi) is 6.35. The second-order valence-electron chi connectivity index (χ2n) is 5.83. The summed E-state index contributed by atoms with van der Waals surface area (Å²) in [5.74, 6) is 1.90. The zero-order valence-corrected chi connectivity index (χ0v) is 16.2. The van der Waals surface area contributed by atoms with Gasteiger partial charge < -0.3 is 10.2 Å². The Hall–Kier alpha value is -0.770. The van der Waals surface area contributed by atoms with E-state index in [0.717, 1.165) is 24.8 Å². The van der Waals surface area contributed by atoms with Crippen molar-refractivity contribution in [3.63, 3.8) is 0 Å². The highest BCUT2D eigenvalue weighted by Crippen LogP contribution is 2.29. The van der Waals surface area contributed by atoms with Gasteiger partial charge in [-0.25, -0.2) is 13.1 Å². The lowest BCUT2D eigenvalue weighted by molar-refractivity contribution is 0.376. The van der Waals surface area contributed by atoms with Crippen LogP contribution in [0.3, 0.4) is 0 Å². The van der Waals surface area contributed by atoms with Crippen molar-refractivity contribution in [3.05, 3.63) is 17.5 Å². The lowest BCUT2D eigenvalue weighted by Gasteiger charge is -2.39. The molecule has 0 aromatic carbocycles. The number of nitrogens with one attached hydrogen (secondary N) is 2. The van der Waals surface area contributed by atoms with Gasteiger partial charge in [0, 0.05) is 43.7 Å². The van der Waals surface area contributed by atoms with Crippen LogP contribution >= 0.6 is 23.1 Å². The Morgan fingerprint density at radius 3 is 2.83 bits per heavy atom. The maximum absolute atomic E-state index is 12.0. The van der Waals surface area contributed by atoms with Crippen molar-refractivity contribution in [1.29, 1.82) is 0 Å². The van der Waals surface area contributed by atoms with Crippen molar-refractivity contribution in [2.45, 2.75) is 22.8 Å². The Labute approximate surface area is 146 Å². The number of nitrogens with zero attached hydrogens (tertiary/aromatic N) is 2. The number of thioether (sulfide) groups is 1. The van der Waals surface area contributed by atoms with E-state index in [1.807, 2.05) is 11.8 Å². The van der Waals surface area contributed by atoms with Crippen LogP contribution in [-0.2, 0) is 10.0 Å². The smallest absolute Gasteiger partial charge is 0.250 e. The SMILES string of the molecule is CN=C(NCCNS(=O)(=O)c1cccs1)N1CCSC(C)(C)C1. The minimum Gasteiger partial charge on any atom is -0.355 e. The van der Waals surface area contributed by atoms with E-state index in [1.54, 1.807) is 24.6 Å².